The zero-order valence-electron chi connectivity index (χ0n) is 26.5. The first-order valence-corrected chi connectivity index (χ1v) is 14.6. The van der Waals surface area contributed by atoms with E-state index in [0.29, 0.717) is 29.4 Å². The molecule has 3 rings (SSSR count). The number of hydrogen-bond acceptors (Lipinski definition) is 11. The van der Waals surface area contributed by atoms with E-state index in [4.69, 9.17) is 9.47 Å². The maximum Gasteiger partial charge on any atom is 0.239 e. The molecule has 2 amide bonds. The van der Waals surface area contributed by atoms with E-state index >= 15 is 0 Å². The number of hydrogen-bond donors (Lipinski definition) is 5. The average Bonchev–Trinajstić information content (AvgIpc) is 3.00. The van der Waals surface area contributed by atoms with Gasteiger partial charge in [-0.1, -0.05) is 0 Å². The van der Waals surface area contributed by atoms with E-state index < -0.39 is 29.9 Å². The Kier molecular flexibility index (Phi) is 12.5. The average molecular weight is 624 g/mol. The van der Waals surface area contributed by atoms with Gasteiger partial charge in [0.2, 0.25) is 23.8 Å². The van der Waals surface area contributed by atoms with Gasteiger partial charge in [0.05, 0.1) is 44.7 Å². The summed E-state index contributed by atoms with van der Waals surface area (Å²) < 4.78 is 12.4. The molecular weight excluding hydrogens is 582 g/mol. The molecule has 0 saturated heterocycles. The number of carbonyl (C=O) groups excluding carboxylic acids is 6. The van der Waals surface area contributed by atoms with E-state index in [2.05, 4.69) is 47.6 Å². The van der Waals surface area contributed by atoms with E-state index in [-0.39, 0.29) is 50.7 Å². The molecule has 2 atom stereocenters. The number of hydrazine groups is 1. The highest BCUT2D eigenvalue weighted by Crippen LogP contribution is 2.42. The third-order valence-corrected chi connectivity index (χ3v) is 7.97. The lowest BCUT2D eigenvalue weighted by Crippen LogP contribution is -2.51. The fourth-order valence-electron chi connectivity index (χ4n) is 5.24. The lowest BCUT2D eigenvalue weighted by atomic mass is 9.84. The first-order valence-electron chi connectivity index (χ1n) is 14.6. The Morgan fingerprint density at radius 3 is 2.11 bits per heavy atom. The number of aldehydes is 2. The molecule has 5 N–H and O–H groups in total. The van der Waals surface area contributed by atoms with E-state index in [1.54, 1.807) is 19.1 Å². The van der Waals surface area contributed by atoms with Crippen molar-refractivity contribution in [2.24, 2.45) is 0 Å². The van der Waals surface area contributed by atoms with Gasteiger partial charge in [-0.15, -0.1) is 0 Å². The third-order valence-electron chi connectivity index (χ3n) is 7.97. The molecule has 0 radical (unpaired) electrons. The van der Waals surface area contributed by atoms with Crippen LogP contribution >= 0.6 is 0 Å². The minimum Gasteiger partial charge on any atom is -0.484 e. The summed E-state index contributed by atoms with van der Waals surface area (Å²) in [6.45, 7) is 10.8. The van der Waals surface area contributed by atoms with Crippen molar-refractivity contribution in [2.45, 2.75) is 60.3 Å². The number of rotatable bonds is 16. The lowest BCUT2D eigenvalue weighted by molar-refractivity contribution is -0.128. The SMILES string of the molecule is Cc1cc(OC(NCC(=O)NCC(=O)NCC=O)C(=O)CNNCC=O)cc2c1C(=O)CC(c1c(C)c(C)c(C)c(C)c1C)O2. The first-order chi connectivity index (χ1) is 21.4. The second-order valence-electron chi connectivity index (χ2n) is 10.9. The maximum atomic E-state index is 13.4. The van der Waals surface area contributed by atoms with Crippen molar-refractivity contribution in [3.63, 3.8) is 0 Å². The van der Waals surface area contributed by atoms with Crippen LogP contribution in [-0.2, 0) is 24.0 Å². The molecule has 13 nitrogen and oxygen atoms in total. The van der Waals surface area contributed by atoms with Crippen LogP contribution in [0.1, 0.15) is 61.8 Å². The van der Waals surface area contributed by atoms with Crippen LogP contribution < -0.4 is 36.3 Å². The molecule has 1 aliphatic rings. The molecule has 0 spiro atoms. The Morgan fingerprint density at radius 1 is 0.844 bits per heavy atom. The number of amides is 2. The van der Waals surface area contributed by atoms with E-state index in [1.807, 2.05) is 13.8 Å². The van der Waals surface area contributed by atoms with Crippen molar-refractivity contribution in [1.82, 2.24) is 26.8 Å². The zero-order chi connectivity index (χ0) is 33.3. The van der Waals surface area contributed by atoms with Crippen LogP contribution in [0.4, 0.5) is 0 Å². The molecule has 1 heterocycles. The van der Waals surface area contributed by atoms with Crippen LogP contribution in [0.5, 0.6) is 11.5 Å². The number of ether oxygens (including phenoxy) is 2. The van der Waals surface area contributed by atoms with Gasteiger partial charge in [-0.05, 0) is 86.6 Å². The highest BCUT2D eigenvalue weighted by Gasteiger charge is 2.33. The molecule has 0 fully saturated rings. The molecule has 2 aromatic carbocycles. The molecule has 45 heavy (non-hydrogen) atoms. The van der Waals surface area contributed by atoms with Gasteiger partial charge >= 0.3 is 0 Å². The highest BCUT2D eigenvalue weighted by atomic mass is 16.5. The van der Waals surface area contributed by atoms with Gasteiger partial charge in [0, 0.05) is 6.07 Å². The van der Waals surface area contributed by atoms with Gasteiger partial charge in [-0.2, -0.15) is 0 Å². The number of carbonyl (C=O) groups is 6. The summed E-state index contributed by atoms with van der Waals surface area (Å²) in [5, 5.41) is 7.42. The van der Waals surface area contributed by atoms with Crippen LogP contribution in [-0.4, -0.2) is 74.9 Å². The zero-order valence-corrected chi connectivity index (χ0v) is 26.5. The van der Waals surface area contributed by atoms with E-state index in [1.165, 1.54) is 5.56 Å². The predicted octanol–water partition coefficient (Wildman–Crippen LogP) is 0.832. The molecule has 13 heteroatoms. The molecule has 242 valence electrons. The van der Waals surface area contributed by atoms with Crippen LogP contribution in [0.2, 0.25) is 0 Å². The maximum absolute atomic E-state index is 13.4. The monoisotopic (exact) mass is 623 g/mol. The van der Waals surface area contributed by atoms with Crippen molar-refractivity contribution in [3.05, 3.63) is 56.6 Å². The summed E-state index contributed by atoms with van der Waals surface area (Å²) in [7, 11) is 0. The van der Waals surface area contributed by atoms with Crippen LogP contribution in [0.15, 0.2) is 12.1 Å². The lowest BCUT2D eigenvalue weighted by Gasteiger charge is -2.31. The van der Waals surface area contributed by atoms with Gasteiger partial charge in [0.25, 0.3) is 0 Å². The van der Waals surface area contributed by atoms with Gasteiger partial charge in [0.15, 0.2) is 5.78 Å². The number of Topliss-reactive ketones (excluding diaryl/α,β-unsaturated/α-hetero) is 2. The molecule has 1 aliphatic heterocycles. The number of aryl methyl sites for hydroxylation is 1. The number of benzene rings is 2. The number of nitrogens with one attached hydrogen (secondary N) is 5. The normalized spacial score (nSPS) is 14.5. The van der Waals surface area contributed by atoms with E-state index in [9.17, 15) is 28.8 Å². The summed E-state index contributed by atoms with van der Waals surface area (Å²) in [5.41, 5.74) is 12.9. The molecule has 2 unspecified atom stereocenters. The summed E-state index contributed by atoms with van der Waals surface area (Å²) in [6.07, 6.45) is -0.519. The van der Waals surface area contributed by atoms with Crippen LogP contribution in [0.25, 0.3) is 0 Å². The van der Waals surface area contributed by atoms with Crippen molar-refractivity contribution >= 4 is 36.0 Å². The highest BCUT2D eigenvalue weighted by molar-refractivity contribution is 6.01. The molecule has 0 aliphatic carbocycles. The van der Waals surface area contributed by atoms with Crippen LogP contribution in [0, 0.1) is 41.5 Å². The van der Waals surface area contributed by atoms with Crippen LogP contribution in [0.3, 0.4) is 0 Å². The second-order valence-corrected chi connectivity index (χ2v) is 10.9. The topological polar surface area (TPSA) is 181 Å². The Morgan fingerprint density at radius 2 is 1.47 bits per heavy atom. The minimum absolute atomic E-state index is 0.0314. The Labute approximate surface area is 262 Å². The summed E-state index contributed by atoms with van der Waals surface area (Å²) in [6, 6.07) is 3.18. The molecule has 0 bridgehead atoms. The minimum atomic E-state index is -1.33. The first kappa shape index (κ1) is 35.0. The third kappa shape index (κ3) is 8.81. The van der Waals surface area contributed by atoms with Gasteiger partial charge < -0.3 is 29.7 Å². The predicted molar refractivity (Wildman–Crippen MR) is 165 cm³/mol. The summed E-state index contributed by atoms with van der Waals surface area (Å²) in [4.78, 5) is 71.5. The molecular formula is C32H41N5O8. The fourth-order valence-corrected chi connectivity index (χ4v) is 5.24. The second kappa shape index (κ2) is 16.0. The Balaban J connectivity index is 1.83. The molecule has 2 aromatic rings. The Hall–Kier alpha value is -4.46. The van der Waals surface area contributed by atoms with Crippen molar-refractivity contribution in [1.29, 1.82) is 0 Å². The Bertz CT molecular complexity index is 1460. The van der Waals surface area contributed by atoms with Crippen molar-refractivity contribution < 1.29 is 38.2 Å². The van der Waals surface area contributed by atoms with Gasteiger partial charge in [0.1, 0.15) is 30.2 Å². The number of ketones is 2. The standard InChI is InChI=1S/C32H41N5O8/c1-17-11-23(12-26-30(17)24(40)13-27(45-26)31-21(5)19(3)18(2)20(4)22(31)6)44-32(25(41)14-37-36-8-10-39)35-16-29(43)34-15-28(42)33-7-9-38/h9-12,27,32,35-37H,7-8,13-16H2,1-6H3,(H,33,42)(H,34,43). The molecule has 0 saturated carbocycles. The largest absolute Gasteiger partial charge is 0.484 e. The summed E-state index contributed by atoms with van der Waals surface area (Å²) in [5.74, 6) is -1.17. The van der Waals surface area contributed by atoms with E-state index in [0.717, 1.165) is 27.8 Å². The number of fused-ring (bicyclic) bond motifs is 1. The smallest absolute Gasteiger partial charge is 0.239 e. The van der Waals surface area contributed by atoms with Crippen molar-refractivity contribution in [2.75, 3.05) is 32.7 Å². The quantitative estimate of drug-likeness (QED) is 0.0773. The summed E-state index contributed by atoms with van der Waals surface area (Å²) >= 11 is 0. The fraction of sp³-hybridized carbons (Fsp3) is 0.438. The molecule has 0 aromatic heterocycles. The van der Waals surface area contributed by atoms with Gasteiger partial charge in [-0.25, -0.2) is 5.43 Å². The van der Waals surface area contributed by atoms with Gasteiger partial charge in [-0.3, -0.25) is 29.9 Å². The van der Waals surface area contributed by atoms with Crippen molar-refractivity contribution in [3.8, 4) is 11.5 Å².